The number of hydrogen-bond acceptors (Lipinski definition) is 2. The molecule has 3 nitrogen and oxygen atoms in total. The molecule has 3 rings (SSSR count). The predicted octanol–water partition coefficient (Wildman–Crippen LogP) is 4.23. The molecule has 1 heterocycles. The predicted molar refractivity (Wildman–Crippen MR) is 93.2 cm³/mol. The van der Waals surface area contributed by atoms with Crippen LogP contribution in [-0.2, 0) is 6.42 Å². The summed E-state index contributed by atoms with van der Waals surface area (Å²) in [5, 5.41) is 0. The van der Waals surface area contributed by atoms with Crippen LogP contribution in [-0.4, -0.2) is 18.6 Å². The maximum absolute atomic E-state index is 13.1. The van der Waals surface area contributed by atoms with Crippen molar-refractivity contribution in [2.75, 3.05) is 12.0 Å². The summed E-state index contributed by atoms with van der Waals surface area (Å²) < 4.78 is 5.22. The second-order valence-corrected chi connectivity index (χ2v) is 6.23. The Morgan fingerprint density at radius 3 is 2.43 bits per heavy atom. The number of ether oxygens (including phenoxy) is 1. The standard InChI is InChI=1S/C20H21NO2/c1-14(2)20(3)13-15-7-5-6-8-18(15)19(22)21(20)16-9-11-17(23-4)12-10-16/h5-12H,1,13H2,2-4H3. The molecule has 2 aromatic carbocycles. The minimum atomic E-state index is -0.444. The Morgan fingerprint density at radius 2 is 1.83 bits per heavy atom. The molecule has 1 aliphatic heterocycles. The van der Waals surface area contributed by atoms with E-state index in [2.05, 4.69) is 13.5 Å². The number of hydrogen-bond donors (Lipinski definition) is 0. The summed E-state index contributed by atoms with van der Waals surface area (Å²) in [6.45, 7) is 8.21. The molecular formula is C20H21NO2. The Balaban J connectivity index is 2.14. The number of methoxy groups -OCH3 is 1. The lowest BCUT2D eigenvalue weighted by Crippen LogP contribution is -2.55. The van der Waals surface area contributed by atoms with Crippen molar-refractivity contribution in [3.63, 3.8) is 0 Å². The van der Waals surface area contributed by atoms with Crippen molar-refractivity contribution in [3.8, 4) is 5.75 Å². The van der Waals surface area contributed by atoms with Crippen LogP contribution in [0.3, 0.4) is 0 Å². The topological polar surface area (TPSA) is 29.5 Å². The van der Waals surface area contributed by atoms with Gasteiger partial charge < -0.3 is 4.74 Å². The molecule has 0 N–H and O–H groups in total. The molecule has 0 saturated heterocycles. The second-order valence-electron chi connectivity index (χ2n) is 6.23. The Kier molecular flexibility index (Phi) is 3.72. The average Bonchev–Trinajstić information content (AvgIpc) is 2.55. The smallest absolute Gasteiger partial charge is 0.259 e. The highest BCUT2D eigenvalue weighted by atomic mass is 16.5. The summed E-state index contributed by atoms with van der Waals surface area (Å²) in [6, 6.07) is 15.4. The molecule has 0 fully saturated rings. The van der Waals surface area contributed by atoms with Gasteiger partial charge in [-0.05, 0) is 49.7 Å². The van der Waals surface area contributed by atoms with Gasteiger partial charge in [-0.15, -0.1) is 0 Å². The summed E-state index contributed by atoms with van der Waals surface area (Å²) in [7, 11) is 1.63. The number of amides is 1. The Labute approximate surface area is 137 Å². The number of nitrogens with zero attached hydrogens (tertiary/aromatic N) is 1. The zero-order valence-electron chi connectivity index (χ0n) is 13.8. The van der Waals surface area contributed by atoms with Crippen LogP contribution in [0.1, 0.15) is 29.8 Å². The van der Waals surface area contributed by atoms with Gasteiger partial charge in [0.05, 0.1) is 12.6 Å². The van der Waals surface area contributed by atoms with E-state index < -0.39 is 5.54 Å². The van der Waals surface area contributed by atoms with E-state index in [1.165, 1.54) is 0 Å². The average molecular weight is 307 g/mol. The highest BCUT2D eigenvalue weighted by Crippen LogP contribution is 2.39. The van der Waals surface area contributed by atoms with E-state index in [1.807, 2.05) is 60.4 Å². The van der Waals surface area contributed by atoms with Gasteiger partial charge >= 0.3 is 0 Å². The second kappa shape index (κ2) is 5.58. The minimum absolute atomic E-state index is 0.0162. The first-order chi connectivity index (χ1) is 11.0. The highest BCUT2D eigenvalue weighted by molar-refractivity contribution is 6.09. The molecule has 0 radical (unpaired) electrons. The first-order valence-corrected chi connectivity index (χ1v) is 7.70. The SMILES string of the molecule is C=C(C)C1(C)Cc2ccccc2C(=O)N1c1ccc(OC)cc1. The van der Waals surface area contributed by atoms with Crippen LogP contribution >= 0.6 is 0 Å². The van der Waals surface area contributed by atoms with Crippen molar-refractivity contribution in [2.24, 2.45) is 0 Å². The van der Waals surface area contributed by atoms with Gasteiger partial charge in [0.2, 0.25) is 0 Å². The van der Waals surface area contributed by atoms with Crippen LogP contribution in [0.2, 0.25) is 0 Å². The Morgan fingerprint density at radius 1 is 1.17 bits per heavy atom. The number of rotatable bonds is 3. The quantitative estimate of drug-likeness (QED) is 0.794. The third-order valence-electron chi connectivity index (χ3n) is 4.73. The summed E-state index contributed by atoms with van der Waals surface area (Å²) in [4.78, 5) is 15.0. The van der Waals surface area contributed by atoms with Crippen LogP contribution in [0.15, 0.2) is 60.7 Å². The lowest BCUT2D eigenvalue weighted by molar-refractivity contribution is 0.0953. The molecule has 1 amide bonds. The van der Waals surface area contributed by atoms with Gasteiger partial charge in [0.15, 0.2) is 0 Å². The van der Waals surface area contributed by atoms with Crippen LogP contribution in [0.25, 0.3) is 0 Å². The summed E-state index contributed by atoms with van der Waals surface area (Å²) in [5.41, 5.74) is 3.22. The molecular weight excluding hydrogens is 286 g/mol. The largest absolute Gasteiger partial charge is 0.497 e. The molecule has 1 unspecified atom stereocenters. The first kappa shape index (κ1) is 15.3. The van der Waals surface area contributed by atoms with Crippen molar-refractivity contribution in [2.45, 2.75) is 25.8 Å². The van der Waals surface area contributed by atoms with Crippen LogP contribution in [0.4, 0.5) is 5.69 Å². The number of benzene rings is 2. The molecule has 0 saturated carbocycles. The zero-order chi connectivity index (χ0) is 16.6. The van der Waals surface area contributed by atoms with Gasteiger partial charge in [0.25, 0.3) is 5.91 Å². The van der Waals surface area contributed by atoms with Crippen LogP contribution in [0.5, 0.6) is 5.75 Å². The van der Waals surface area contributed by atoms with Crippen molar-refractivity contribution < 1.29 is 9.53 Å². The van der Waals surface area contributed by atoms with Gasteiger partial charge in [-0.1, -0.05) is 30.4 Å². The molecule has 0 bridgehead atoms. The van der Waals surface area contributed by atoms with E-state index in [9.17, 15) is 4.79 Å². The molecule has 23 heavy (non-hydrogen) atoms. The Bertz CT molecular complexity index is 763. The summed E-state index contributed by atoms with van der Waals surface area (Å²) >= 11 is 0. The molecule has 1 atom stereocenters. The fourth-order valence-corrected chi connectivity index (χ4v) is 3.15. The normalized spacial score (nSPS) is 20.1. The van der Waals surface area contributed by atoms with Gasteiger partial charge in [-0.3, -0.25) is 9.69 Å². The van der Waals surface area contributed by atoms with Gasteiger partial charge in [-0.2, -0.15) is 0 Å². The van der Waals surface area contributed by atoms with E-state index in [1.54, 1.807) is 7.11 Å². The van der Waals surface area contributed by atoms with Crippen molar-refractivity contribution in [1.29, 1.82) is 0 Å². The van der Waals surface area contributed by atoms with Crippen LogP contribution < -0.4 is 9.64 Å². The van der Waals surface area contributed by atoms with Crippen molar-refractivity contribution >= 4 is 11.6 Å². The van der Waals surface area contributed by atoms with Gasteiger partial charge in [0.1, 0.15) is 5.75 Å². The summed E-state index contributed by atoms with van der Waals surface area (Å²) in [5.74, 6) is 0.790. The molecule has 0 aromatic heterocycles. The fourth-order valence-electron chi connectivity index (χ4n) is 3.15. The zero-order valence-corrected chi connectivity index (χ0v) is 13.8. The lowest BCUT2D eigenvalue weighted by Gasteiger charge is -2.46. The number of fused-ring (bicyclic) bond motifs is 1. The van der Waals surface area contributed by atoms with E-state index in [0.717, 1.165) is 34.6 Å². The molecule has 0 spiro atoms. The van der Waals surface area contributed by atoms with E-state index in [4.69, 9.17) is 4.74 Å². The third-order valence-corrected chi connectivity index (χ3v) is 4.73. The monoisotopic (exact) mass is 307 g/mol. The lowest BCUT2D eigenvalue weighted by atomic mass is 9.79. The number of anilines is 1. The molecule has 0 aliphatic carbocycles. The fraction of sp³-hybridized carbons (Fsp3) is 0.250. The molecule has 1 aliphatic rings. The van der Waals surface area contributed by atoms with Crippen LogP contribution in [0, 0.1) is 0 Å². The highest BCUT2D eigenvalue weighted by Gasteiger charge is 2.42. The number of carbonyl (C=O) groups is 1. The van der Waals surface area contributed by atoms with E-state index >= 15 is 0 Å². The van der Waals surface area contributed by atoms with Crippen molar-refractivity contribution in [3.05, 3.63) is 71.8 Å². The van der Waals surface area contributed by atoms with E-state index in [-0.39, 0.29) is 5.91 Å². The van der Waals surface area contributed by atoms with Gasteiger partial charge in [-0.25, -0.2) is 0 Å². The molecule has 3 heteroatoms. The minimum Gasteiger partial charge on any atom is -0.497 e. The number of carbonyl (C=O) groups excluding carboxylic acids is 1. The summed E-state index contributed by atoms with van der Waals surface area (Å²) in [6.07, 6.45) is 0.760. The van der Waals surface area contributed by atoms with E-state index in [0.29, 0.717) is 0 Å². The Hall–Kier alpha value is -2.55. The van der Waals surface area contributed by atoms with Crippen molar-refractivity contribution in [1.82, 2.24) is 0 Å². The van der Waals surface area contributed by atoms with Gasteiger partial charge in [0, 0.05) is 17.7 Å². The first-order valence-electron chi connectivity index (χ1n) is 7.70. The third kappa shape index (κ3) is 2.42. The molecule has 118 valence electrons. The molecule has 2 aromatic rings. The maximum atomic E-state index is 13.1. The maximum Gasteiger partial charge on any atom is 0.259 e.